The first kappa shape index (κ1) is 10.6. The molecule has 1 fully saturated rings. The molecule has 3 heteroatoms. The number of nitrogens with two attached hydrogens (primary N) is 1. The fraction of sp³-hybridized carbons (Fsp3) is 0.583. The van der Waals surface area contributed by atoms with E-state index in [4.69, 9.17) is 5.73 Å². The summed E-state index contributed by atoms with van der Waals surface area (Å²) in [6.07, 6.45) is 5.03. The summed E-state index contributed by atoms with van der Waals surface area (Å²) in [6, 6.07) is 3.73. The highest BCUT2D eigenvalue weighted by Gasteiger charge is 2.46. The lowest BCUT2D eigenvalue weighted by Crippen LogP contribution is -2.46. The molecule has 0 aromatic carbocycles. The fourth-order valence-corrected chi connectivity index (χ4v) is 2.73. The van der Waals surface area contributed by atoms with Crippen molar-refractivity contribution in [3.63, 3.8) is 0 Å². The Kier molecular flexibility index (Phi) is 2.76. The van der Waals surface area contributed by atoms with Crippen molar-refractivity contribution in [1.82, 2.24) is 4.98 Å². The van der Waals surface area contributed by atoms with Gasteiger partial charge < -0.3 is 10.8 Å². The molecule has 1 aliphatic rings. The lowest BCUT2D eigenvalue weighted by Gasteiger charge is -2.49. The molecule has 3 N–H and O–H groups in total. The van der Waals surface area contributed by atoms with E-state index in [1.54, 1.807) is 12.4 Å². The molecule has 1 aliphatic carbocycles. The number of aromatic nitrogens is 1. The van der Waals surface area contributed by atoms with Crippen molar-refractivity contribution in [3.05, 3.63) is 30.1 Å². The molecule has 0 unspecified atom stereocenters. The van der Waals surface area contributed by atoms with Crippen LogP contribution in [0.15, 0.2) is 24.5 Å². The van der Waals surface area contributed by atoms with Crippen LogP contribution in [0, 0.1) is 11.3 Å². The largest absolute Gasteiger partial charge is 0.388 e. The van der Waals surface area contributed by atoms with Crippen LogP contribution in [0.5, 0.6) is 0 Å². The fourth-order valence-electron chi connectivity index (χ4n) is 2.73. The quantitative estimate of drug-likeness (QED) is 0.787. The molecule has 82 valence electrons. The minimum atomic E-state index is -0.443. The first-order chi connectivity index (χ1) is 7.18. The van der Waals surface area contributed by atoms with Crippen LogP contribution in [0.25, 0.3) is 0 Å². The zero-order valence-electron chi connectivity index (χ0n) is 9.06. The van der Waals surface area contributed by atoms with Crippen molar-refractivity contribution < 1.29 is 5.11 Å². The third-order valence-electron chi connectivity index (χ3n) is 3.52. The van der Waals surface area contributed by atoms with Crippen molar-refractivity contribution in [2.24, 2.45) is 17.1 Å². The Balaban J connectivity index is 2.17. The van der Waals surface area contributed by atoms with Crippen molar-refractivity contribution >= 4 is 0 Å². The zero-order valence-corrected chi connectivity index (χ0v) is 9.06. The molecular weight excluding hydrogens is 188 g/mol. The topological polar surface area (TPSA) is 59.1 Å². The van der Waals surface area contributed by atoms with E-state index in [2.05, 4.69) is 11.9 Å². The average molecular weight is 206 g/mol. The summed E-state index contributed by atoms with van der Waals surface area (Å²) in [5.41, 5.74) is 6.63. The van der Waals surface area contributed by atoms with Crippen LogP contribution in [0.1, 0.15) is 31.4 Å². The summed E-state index contributed by atoms with van der Waals surface area (Å²) >= 11 is 0. The Morgan fingerprint density at radius 1 is 1.53 bits per heavy atom. The van der Waals surface area contributed by atoms with Crippen molar-refractivity contribution in [1.29, 1.82) is 0 Å². The summed E-state index contributed by atoms with van der Waals surface area (Å²) in [5, 5.41) is 10.3. The molecule has 15 heavy (non-hydrogen) atoms. The Morgan fingerprint density at radius 2 is 2.13 bits per heavy atom. The van der Waals surface area contributed by atoms with Gasteiger partial charge in [0.25, 0.3) is 0 Å². The van der Waals surface area contributed by atoms with E-state index >= 15 is 0 Å². The molecule has 0 saturated heterocycles. The van der Waals surface area contributed by atoms with Gasteiger partial charge >= 0.3 is 0 Å². The van der Waals surface area contributed by atoms with Crippen LogP contribution in [0.4, 0.5) is 0 Å². The van der Waals surface area contributed by atoms with E-state index in [1.165, 1.54) is 0 Å². The van der Waals surface area contributed by atoms with Crippen LogP contribution in [0.2, 0.25) is 0 Å². The third kappa shape index (κ3) is 1.77. The maximum Gasteiger partial charge on any atom is 0.0859 e. The summed E-state index contributed by atoms with van der Waals surface area (Å²) < 4.78 is 0. The highest BCUT2D eigenvalue weighted by atomic mass is 16.3. The SMILES string of the molecule is CC1CC(CN)([C@H](O)c2ccncc2)C1. The van der Waals surface area contributed by atoms with Gasteiger partial charge in [0, 0.05) is 24.4 Å². The highest BCUT2D eigenvalue weighted by Crippen LogP contribution is 2.52. The molecule has 2 rings (SSSR count). The van der Waals surface area contributed by atoms with Gasteiger partial charge in [-0.15, -0.1) is 0 Å². The number of aliphatic hydroxyl groups is 1. The molecule has 0 radical (unpaired) electrons. The van der Waals surface area contributed by atoms with Crippen LogP contribution < -0.4 is 5.73 Å². The van der Waals surface area contributed by atoms with Crippen molar-refractivity contribution in [2.75, 3.05) is 6.54 Å². The Labute approximate surface area is 90.3 Å². The molecule has 1 heterocycles. The van der Waals surface area contributed by atoms with Gasteiger partial charge in [0.1, 0.15) is 0 Å². The van der Waals surface area contributed by atoms with Crippen LogP contribution >= 0.6 is 0 Å². The van der Waals surface area contributed by atoms with Gasteiger partial charge in [-0.25, -0.2) is 0 Å². The number of aliphatic hydroxyl groups excluding tert-OH is 1. The van der Waals surface area contributed by atoms with Crippen molar-refractivity contribution in [3.8, 4) is 0 Å². The molecule has 0 amide bonds. The Hall–Kier alpha value is -0.930. The molecule has 1 atom stereocenters. The van der Waals surface area contributed by atoms with Gasteiger partial charge in [-0.2, -0.15) is 0 Å². The van der Waals surface area contributed by atoms with Gasteiger partial charge in [0.15, 0.2) is 0 Å². The second kappa shape index (κ2) is 3.91. The van der Waals surface area contributed by atoms with E-state index in [0.717, 1.165) is 18.4 Å². The van der Waals surface area contributed by atoms with E-state index in [9.17, 15) is 5.11 Å². The smallest absolute Gasteiger partial charge is 0.0859 e. The van der Waals surface area contributed by atoms with Gasteiger partial charge in [-0.05, 0) is 36.5 Å². The summed E-state index contributed by atoms with van der Waals surface area (Å²) in [4.78, 5) is 3.95. The summed E-state index contributed by atoms with van der Waals surface area (Å²) in [5.74, 6) is 0.685. The normalized spacial score (nSPS) is 32.1. The van der Waals surface area contributed by atoms with Gasteiger partial charge in [0.2, 0.25) is 0 Å². The summed E-state index contributed by atoms with van der Waals surface area (Å²) in [7, 11) is 0. The molecule has 1 aromatic rings. The molecule has 1 aromatic heterocycles. The molecule has 0 bridgehead atoms. The third-order valence-corrected chi connectivity index (χ3v) is 3.52. The Bertz CT molecular complexity index is 320. The van der Waals surface area contributed by atoms with E-state index in [-0.39, 0.29) is 5.41 Å². The van der Waals surface area contributed by atoms with Crippen LogP contribution in [0.3, 0.4) is 0 Å². The first-order valence-electron chi connectivity index (χ1n) is 5.46. The van der Waals surface area contributed by atoms with Crippen molar-refractivity contribution in [2.45, 2.75) is 25.9 Å². The van der Waals surface area contributed by atoms with Gasteiger partial charge in [-0.3, -0.25) is 4.98 Å². The summed E-state index contributed by atoms with van der Waals surface area (Å²) in [6.45, 7) is 2.76. The molecule has 3 nitrogen and oxygen atoms in total. The van der Waals surface area contributed by atoms with E-state index in [1.807, 2.05) is 12.1 Å². The number of rotatable bonds is 3. The number of hydrogen-bond donors (Lipinski definition) is 2. The first-order valence-corrected chi connectivity index (χ1v) is 5.46. The lowest BCUT2D eigenvalue weighted by atomic mass is 9.58. The minimum Gasteiger partial charge on any atom is -0.388 e. The lowest BCUT2D eigenvalue weighted by molar-refractivity contribution is -0.0602. The van der Waals surface area contributed by atoms with Crippen LogP contribution in [-0.4, -0.2) is 16.6 Å². The second-order valence-corrected chi connectivity index (χ2v) is 4.76. The number of hydrogen-bond acceptors (Lipinski definition) is 3. The van der Waals surface area contributed by atoms with E-state index < -0.39 is 6.10 Å². The van der Waals surface area contributed by atoms with Gasteiger partial charge in [-0.1, -0.05) is 6.92 Å². The van der Waals surface area contributed by atoms with Crippen LogP contribution in [-0.2, 0) is 0 Å². The molecular formula is C12H18N2O. The monoisotopic (exact) mass is 206 g/mol. The highest BCUT2D eigenvalue weighted by molar-refractivity contribution is 5.18. The zero-order chi connectivity index (χ0) is 10.9. The molecule has 0 aliphatic heterocycles. The average Bonchev–Trinajstić information content (AvgIpc) is 2.25. The Morgan fingerprint density at radius 3 is 2.60 bits per heavy atom. The number of pyridine rings is 1. The minimum absolute atomic E-state index is 0.0965. The van der Waals surface area contributed by atoms with Gasteiger partial charge in [0.05, 0.1) is 6.10 Å². The standard InChI is InChI=1S/C12H18N2O/c1-9-6-12(7-9,8-13)11(15)10-2-4-14-5-3-10/h2-5,9,11,15H,6-8,13H2,1H3/t9?,11-,12?/m1/s1. The number of nitrogens with zero attached hydrogens (tertiary/aromatic N) is 1. The molecule has 1 saturated carbocycles. The maximum atomic E-state index is 10.3. The van der Waals surface area contributed by atoms with E-state index in [0.29, 0.717) is 12.5 Å². The molecule has 0 spiro atoms. The maximum absolute atomic E-state index is 10.3. The second-order valence-electron chi connectivity index (χ2n) is 4.76. The predicted octanol–water partition coefficient (Wildman–Crippen LogP) is 1.49. The predicted molar refractivity (Wildman–Crippen MR) is 59.1 cm³/mol.